The van der Waals surface area contributed by atoms with Gasteiger partial charge in [-0.3, -0.25) is 4.79 Å². The van der Waals surface area contributed by atoms with Crippen molar-refractivity contribution in [2.24, 2.45) is 0 Å². The summed E-state index contributed by atoms with van der Waals surface area (Å²) in [5.74, 6) is 0.356. The Balaban J connectivity index is 2.55. The highest BCUT2D eigenvalue weighted by molar-refractivity contribution is 6.32. The second-order valence-electron chi connectivity index (χ2n) is 4.59. The lowest BCUT2D eigenvalue weighted by Gasteiger charge is -2.15. The first-order valence-corrected chi connectivity index (χ1v) is 7.38. The lowest BCUT2D eigenvalue weighted by Crippen LogP contribution is -2.36. The van der Waals surface area contributed by atoms with E-state index in [1.807, 2.05) is 19.1 Å². The van der Waals surface area contributed by atoms with E-state index in [2.05, 4.69) is 10.6 Å². The Morgan fingerprint density at radius 3 is 2.81 bits per heavy atom. The Hall–Kier alpha value is -1.30. The van der Waals surface area contributed by atoms with Crippen LogP contribution >= 0.6 is 11.6 Å². The summed E-state index contributed by atoms with van der Waals surface area (Å²) < 4.78 is 10.5. The second kappa shape index (κ2) is 9.60. The number of ether oxygens (including phenoxy) is 2. The molecule has 1 unspecified atom stereocenters. The number of rotatable bonds is 9. The van der Waals surface area contributed by atoms with E-state index in [0.29, 0.717) is 30.5 Å². The minimum Gasteiger partial charge on any atom is -0.479 e. The Labute approximate surface area is 131 Å². The molecule has 0 aliphatic rings. The SMILES string of the molecule is CCNC(=O)C(C)Oc1ccc(CNCCOC)cc1Cl. The fraction of sp³-hybridized carbons (Fsp3) is 0.533. The maximum atomic E-state index is 11.6. The number of likely N-dealkylation sites (N-methyl/N-ethyl adjacent to an activating group) is 1. The second-order valence-corrected chi connectivity index (χ2v) is 5.00. The van der Waals surface area contributed by atoms with Crippen LogP contribution in [0.5, 0.6) is 5.75 Å². The summed E-state index contributed by atoms with van der Waals surface area (Å²) >= 11 is 6.19. The molecule has 0 spiro atoms. The van der Waals surface area contributed by atoms with E-state index in [0.717, 1.165) is 12.1 Å². The van der Waals surface area contributed by atoms with E-state index in [-0.39, 0.29) is 5.91 Å². The van der Waals surface area contributed by atoms with Crippen molar-refractivity contribution in [1.82, 2.24) is 10.6 Å². The van der Waals surface area contributed by atoms with Crippen molar-refractivity contribution >= 4 is 17.5 Å². The van der Waals surface area contributed by atoms with Crippen molar-refractivity contribution in [3.05, 3.63) is 28.8 Å². The van der Waals surface area contributed by atoms with Crippen molar-refractivity contribution in [2.45, 2.75) is 26.5 Å². The molecule has 5 nitrogen and oxygen atoms in total. The molecule has 0 bridgehead atoms. The predicted molar refractivity (Wildman–Crippen MR) is 83.8 cm³/mol. The van der Waals surface area contributed by atoms with Crippen molar-refractivity contribution < 1.29 is 14.3 Å². The predicted octanol–water partition coefficient (Wildman–Crippen LogP) is 1.98. The van der Waals surface area contributed by atoms with Gasteiger partial charge >= 0.3 is 0 Å². The highest BCUT2D eigenvalue weighted by Crippen LogP contribution is 2.26. The molecule has 0 aromatic heterocycles. The smallest absolute Gasteiger partial charge is 0.260 e. The van der Waals surface area contributed by atoms with Crippen LogP contribution in [0, 0.1) is 0 Å². The third-order valence-corrected chi connectivity index (χ3v) is 3.13. The van der Waals surface area contributed by atoms with E-state index >= 15 is 0 Å². The van der Waals surface area contributed by atoms with Gasteiger partial charge in [-0.15, -0.1) is 0 Å². The molecule has 0 radical (unpaired) electrons. The van der Waals surface area contributed by atoms with Gasteiger partial charge in [-0.2, -0.15) is 0 Å². The minimum atomic E-state index is -0.576. The first-order chi connectivity index (χ1) is 10.1. The molecule has 0 heterocycles. The number of halogens is 1. The van der Waals surface area contributed by atoms with Gasteiger partial charge < -0.3 is 20.1 Å². The molecule has 0 aliphatic heterocycles. The van der Waals surface area contributed by atoms with Crippen LogP contribution in [0.4, 0.5) is 0 Å². The van der Waals surface area contributed by atoms with Gasteiger partial charge in [0.25, 0.3) is 5.91 Å². The summed E-state index contributed by atoms with van der Waals surface area (Å²) in [7, 11) is 1.67. The first kappa shape index (κ1) is 17.8. The summed E-state index contributed by atoms with van der Waals surface area (Å²) in [5.41, 5.74) is 1.05. The standard InChI is InChI=1S/C15H23ClN2O3/c1-4-18-15(19)11(2)21-14-6-5-12(9-13(14)16)10-17-7-8-20-3/h5-6,9,11,17H,4,7-8,10H2,1-3H3,(H,18,19). The van der Waals surface area contributed by atoms with Gasteiger partial charge in [0.05, 0.1) is 11.6 Å². The van der Waals surface area contributed by atoms with Crippen molar-refractivity contribution in [3.8, 4) is 5.75 Å². The maximum Gasteiger partial charge on any atom is 0.260 e. The van der Waals surface area contributed by atoms with E-state index in [4.69, 9.17) is 21.1 Å². The highest BCUT2D eigenvalue weighted by atomic mass is 35.5. The topological polar surface area (TPSA) is 59.6 Å². The number of methoxy groups -OCH3 is 1. The number of amides is 1. The first-order valence-electron chi connectivity index (χ1n) is 7.01. The molecule has 1 amide bonds. The van der Waals surface area contributed by atoms with Crippen LogP contribution in [0.25, 0.3) is 0 Å². The van der Waals surface area contributed by atoms with Crippen LogP contribution in [0.3, 0.4) is 0 Å². The monoisotopic (exact) mass is 314 g/mol. The van der Waals surface area contributed by atoms with Crippen molar-refractivity contribution in [3.63, 3.8) is 0 Å². The largest absolute Gasteiger partial charge is 0.479 e. The molecule has 0 fully saturated rings. The van der Waals surface area contributed by atoms with Gasteiger partial charge in [-0.25, -0.2) is 0 Å². The van der Waals surface area contributed by atoms with Crippen LogP contribution in [0.15, 0.2) is 18.2 Å². The number of hydrogen-bond acceptors (Lipinski definition) is 4. The Bertz CT molecular complexity index is 455. The van der Waals surface area contributed by atoms with E-state index in [1.54, 1.807) is 20.1 Å². The molecule has 0 saturated carbocycles. The molecule has 1 atom stereocenters. The van der Waals surface area contributed by atoms with Gasteiger partial charge in [0.15, 0.2) is 6.10 Å². The molecule has 118 valence electrons. The molecule has 6 heteroatoms. The third kappa shape index (κ3) is 6.33. The van der Waals surface area contributed by atoms with Crippen LogP contribution in [-0.2, 0) is 16.1 Å². The van der Waals surface area contributed by atoms with Gasteiger partial charge in [-0.1, -0.05) is 17.7 Å². The summed E-state index contributed by atoms with van der Waals surface area (Å²) in [6.07, 6.45) is -0.576. The van der Waals surface area contributed by atoms with Crippen molar-refractivity contribution in [1.29, 1.82) is 0 Å². The van der Waals surface area contributed by atoms with Gasteiger partial charge in [0.1, 0.15) is 5.75 Å². The Morgan fingerprint density at radius 1 is 1.43 bits per heavy atom. The van der Waals surface area contributed by atoms with Crippen molar-refractivity contribution in [2.75, 3.05) is 26.8 Å². The Kier molecular flexibility index (Phi) is 8.12. The zero-order valence-corrected chi connectivity index (χ0v) is 13.5. The minimum absolute atomic E-state index is 0.154. The lowest BCUT2D eigenvalue weighted by molar-refractivity contribution is -0.127. The highest BCUT2D eigenvalue weighted by Gasteiger charge is 2.15. The molecule has 1 rings (SSSR count). The number of benzene rings is 1. The van der Waals surface area contributed by atoms with Gasteiger partial charge in [0.2, 0.25) is 0 Å². The average molecular weight is 315 g/mol. The van der Waals surface area contributed by atoms with Crippen LogP contribution in [0.1, 0.15) is 19.4 Å². The summed E-state index contributed by atoms with van der Waals surface area (Å²) in [6, 6.07) is 5.54. The summed E-state index contributed by atoms with van der Waals surface area (Å²) in [6.45, 7) is 6.28. The molecule has 0 aliphatic carbocycles. The zero-order chi connectivity index (χ0) is 15.7. The molecule has 21 heavy (non-hydrogen) atoms. The van der Waals surface area contributed by atoms with Crippen LogP contribution < -0.4 is 15.4 Å². The fourth-order valence-corrected chi connectivity index (χ4v) is 1.97. The Morgan fingerprint density at radius 2 is 2.19 bits per heavy atom. The van der Waals surface area contributed by atoms with Gasteiger partial charge in [0, 0.05) is 26.7 Å². The zero-order valence-electron chi connectivity index (χ0n) is 12.7. The number of hydrogen-bond donors (Lipinski definition) is 2. The molecular formula is C15H23ClN2O3. The van der Waals surface area contributed by atoms with E-state index in [1.165, 1.54) is 0 Å². The maximum absolute atomic E-state index is 11.6. The number of carbonyl (C=O) groups is 1. The molecule has 1 aromatic rings. The average Bonchev–Trinajstić information content (AvgIpc) is 2.46. The van der Waals surface area contributed by atoms with Gasteiger partial charge in [-0.05, 0) is 31.5 Å². The molecule has 0 saturated heterocycles. The normalized spacial score (nSPS) is 12.0. The number of carbonyl (C=O) groups excluding carboxylic acids is 1. The summed E-state index contributed by atoms with van der Waals surface area (Å²) in [4.78, 5) is 11.6. The molecule has 2 N–H and O–H groups in total. The van der Waals surface area contributed by atoms with E-state index in [9.17, 15) is 4.79 Å². The third-order valence-electron chi connectivity index (χ3n) is 2.83. The van der Waals surface area contributed by atoms with Crippen LogP contribution in [0.2, 0.25) is 5.02 Å². The number of nitrogens with one attached hydrogen (secondary N) is 2. The summed E-state index contributed by atoms with van der Waals surface area (Å²) in [5, 5.41) is 6.44. The van der Waals surface area contributed by atoms with Crippen LogP contribution in [-0.4, -0.2) is 38.8 Å². The quantitative estimate of drug-likeness (QED) is 0.684. The lowest BCUT2D eigenvalue weighted by atomic mass is 10.2. The fourth-order valence-electron chi connectivity index (χ4n) is 1.72. The van der Waals surface area contributed by atoms with E-state index < -0.39 is 6.10 Å². The molecule has 1 aromatic carbocycles. The molecular weight excluding hydrogens is 292 g/mol.